The fourth-order valence-corrected chi connectivity index (χ4v) is 2.26. The molecule has 2 rings (SSSR count). The van der Waals surface area contributed by atoms with Crippen LogP contribution in [0.15, 0.2) is 34.5 Å². The summed E-state index contributed by atoms with van der Waals surface area (Å²) in [4.78, 5) is 9.32. The van der Waals surface area contributed by atoms with E-state index >= 15 is 0 Å². The van der Waals surface area contributed by atoms with E-state index in [1.807, 2.05) is 11.4 Å². The van der Waals surface area contributed by atoms with Crippen LogP contribution in [0.4, 0.5) is 0 Å². The van der Waals surface area contributed by atoms with Crippen molar-refractivity contribution in [3.05, 3.63) is 34.5 Å². The van der Waals surface area contributed by atoms with E-state index in [9.17, 15) is 0 Å². The van der Waals surface area contributed by atoms with Crippen molar-refractivity contribution in [2.45, 2.75) is 0 Å². The maximum atomic E-state index is 4.19. The van der Waals surface area contributed by atoms with Gasteiger partial charge in [0.15, 0.2) is 0 Å². The number of thiophene rings is 1. The minimum atomic E-state index is 0.924. The molecule has 0 aliphatic rings. The summed E-state index contributed by atoms with van der Waals surface area (Å²) in [7, 11) is 0. The summed E-state index contributed by atoms with van der Waals surface area (Å²) in [5.74, 6) is 0. The Morgan fingerprint density at radius 2 is 2.25 bits per heavy atom. The molecule has 0 saturated carbocycles. The van der Waals surface area contributed by atoms with Crippen LogP contribution in [0.3, 0.4) is 0 Å². The van der Waals surface area contributed by atoms with Crippen LogP contribution in [0.5, 0.6) is 0 Å². The van der Waals surface area contributed by atoms with Crippen molar-refractivity contribution in [3.63, 3.8) is 0 Å². The summed E-state index contributed by atoms with van der Waals surface area (Å²) in [6.07, 6.45) is 5.13. The maximum absolute atomic E-state index is 4.19. The molecule has 0 bridgehead atoms. The Balaban J connectivity index is 2.45. The predicted molar refractivity (Wildman–Crippen MR) is 53.0 cm³/mol. The molecule has 0 amide bonds. The average molecular weight is 241 g/mol. The highest BCUT2D eigenvalue weighted by molar-refractivity contribution is 9.10. The molecule has 2 heterocycles. The van der Waals surface area contributed by atoms with Gasteiger partial charge in [0.1, 0.15) is 0 Å². The van der Waals surface area contributed by atoms with Gasteiger partial charge in [-0.2, -0.15) is 0 Å². The summed E-state index contributed by atoms with van der Waals surface area (Å²) in [6.45, 7) is 0. The number of rotatable bonds is 1. The van der Waals surface area contributed by atoms with Crippen molar-refractivity contribution in [1.82, 2.24) is 9.97 Å². The maximum Gasteiger partial charge on any atom is 0.0985 e. The number of nitrogens with zero attached hydrogens (tertiary/aromatic N) is 2. The van der Waals surface area contributed by atoms with Crippen LogP contribution in [0.1, 0.15) is 0 Å². The molecule has 0 aliphatic carbocycles. The van der Waals surface area contributed by atoms with Gasteiger partial charge >= 0.3 is 0 Å². The molecule has 0 saturated heterocycles. The molecular weight excluding hydrogens is 236 g/mol. The van der Waals surface area contributed by atoms with Crippen LogP contribution in [-0.4, -0.2) is 9.97 Å². The summed E-state index contributed by atoms with van der Waals surface area (Å²) in [6, 6.07) is 2.04. The molecule has 0 atom stereocenters. The third-order valence-electron chi connectivity index (χ3n) is 1.38. The first kappa shape index (κ1) is 7.89. The Morgan fingerprint density at radius 3 is 2.83 bits per heavy atom. The van der Waals surface area contributed by atoms with E-state index in [0.29, 0.717) is 0 Å². The topological polar surface area (TPSA) is 25.8 Å². The van der Waals surface area contributed by atoms with E-state index in [0.717, 1.165) is 15.0 Å². The molecule has 0 fully saturated rings. The lowest BCUT2D eigenvalue weighted by atomic mass is 10.4. The van der Waals surface area contributed by atoms with Gasteiger partial charge in [-0.05, 0) is 22.0 Å². The smallest absolute Gasteiger partial charge is 0.0985 e. The third kappa shape index (κ3) is 1.54. The Kier molecular flexibility index (Phi) is 2.19. The van der Waals surface area contributed by atoms with E-state index in [1.165, 1.54) is 0 Å². The summed E-state index contributed by atoms with van der Waals surface area (Å²) in [5.41, 5.74) is 0.924. The highest BCUT2D eigenvalue weighted by Gasteiger charge is 2.00. The fraction of sp³-hybridized carbons (Fsp3) is 0. The Hall–Kier alpha value is -0.740. The van der Waals surface area contributed by atoms with Crippen LogP contribution >= 0.6 is 27.3 Å². The monoisotopic (exact) mass is 240 g/mol. The molecule has 0 spiro atoms. The minimum Gasteiger partial charge on any atom is -0.261 e. The van der Waals surface area contributed by atoms with Gasteiger partial charge in [-0.15, -0.1) is 11.3 Å². The van der Waals surface area contributed by atoms with Gasteiger partial charge in [-0.1, -0.05) is 0 Å². The SMILES string of the molecule is Brc1csc(-c2cnccn2)c1. The second kappa shape index (κ2) is 3.33. The summed E-state index contributed by atoms with van der Waals surface area (Å²) >= 11 is 5.04. The standard InChI is InChI=1S/C8H5BrN2S/c9-6-3-8(12-5-6)7-4-10-1-2-11-7/h1-5H. The van der Waals surface area contributed by atoms with Crippen LogP contribution in [0.2, 0.25) is 0 Å². The molecule has 0 aliphatic heterocycles. The van der Waals surface area contributed by atoms with E-state index in [4.69, 9.17) is 0 Å². The first-order chi connectivity index (χ1) is 5.86. The third-order valence-corrected chi connectivity index (χ3v) is 3.10. The van der Waals surface area contributed by atoms with Gasteiger partial charge in [0.2, 0.25) is 0 Å². The highest BCUT2D eigenvalue weighted by Crippen LogP contribution is 2.27. The Morgan fingerprint density at radius 1 is 1.33 bits per heavy atom. The van der Waals surface area contributed by atoms with Gasteiger partial charge < -0.3 is 0 Å². The molecule has 0 aromatic carbocycles. The predicted octanol–water partition coefficient (Wildman–Crippen LogP) is 2.97. The van der Waals surface area contributed by atoms with E-state index < -0.39 is 0 Å². The molecule has 2 nitrogen and oxygen atoms in total. The number of aromatic nitrogens is 2. The lowest BCUT2D eigenvalue weighted by molar-refractivity contribution is 1.21. The number of hydrogen-bond acceptors (Lipinski definition) is 3. The van der Waals surface area contributed by atoms with Crippen molar-refractivity contribution in [3.8, 4) is 10.6 Å². The molecule has 0 radical (unpaired) electrons. The first-order valence-corrected chi connectivity index (χ1v) is 5.04. The van der Waals surface area contributed by atoms with Gasteiger partial charge in [0, 0.05) is 22.2 Å². The van der Waals surface area contributed by atoms with Gasteiger partial charge in [0.05, 0.1) is 16.8 Å². The average Bonchev–Trinajstić information content (AvgIpc) is 2.54. The lowest BCUT2D eigenvalue weighted by Gasteiger charge is -1.91. The van der Waals surface area contributed by atoms with E-state index in [1.54, 1.807) is 29.9 Å². The molecule has 0 N–H and O–H groups in total. The summed E-state index contributed by atoms with van der Waals surface area (Å²) in [5, 5.41) is 2.03. The quantitative estimate of drug-likeness (QED) is 0.767. The zero-order valence-corrected chi connectivity index (χ0v) is 8.47. The van der Waals surface area contributed by atoms with Crippen LogP contribution < -0.4 is 0 Å². The van der Waals surface area contributed by atoms with Crippen LogP contribution in [0, 0.1) is 0 Å². The Labute approximate surface area is 82.4 Å². The fourth-order valence-electron chi connectivity index (χ4n) is 0.874. The number of hydrogen-bond donors (Lipinski definition) is 0. The largest absolute Gasteiger partial charge is 0.261 e. The second-order valence-electron chi connectivity index (χ2n) is 2.22. The minimum absolute atomic E-state index is 0.924. The van der Waals surface area contributed by atoms with Crippen LogP contribution in [0.25, 0.3) is 10.6 Å². The molecule has 2 aromatic heterocycles. The van der Waals surface area contributed by atoms with Crippen molar-refractivity contribution in [2.75, 3.05) is 0 Å². The molecule has 2 aromatic rings. The van der Waals surface area contributed by atoms with E-state index in [2.05, 4.69) is 25.9 Å². The van der Waals surface area contributed by atoms with Crippen LogP contribution in [-0.2, 0) is 0 Å². The molecule has 12 heavy (non-hydrogen) atoms. The number of halogens is 1. The molecule has 60 valence electrons. The normalized spacial score (nSPS) is 10.1. The van der Waals surface area contributed by atoms with Crippen molar-refractivity contribution < 1.29 is 0 Å². The summed E-state index contributed by atoms with van der Waals surface area (Å²) < 4.78 is 1.09. The van der Waals surface area contributed by atoms with Crippen molar-refractivity contribution in [1.29, 1.82) is 0 Å². The lowest BCUT2D eigenvalue weighted by Crippen LogP contribution is -1.79. The van der Waals surface area contributed by atoms with Gasteiger partial charge in [-0.3, -0.25) is 9.97 Å². The molecule has 4 heteroatoms. The van der Waals surface area contributed by atoms with Crippen molar-refractivity contribution >= 4 is 27.3 Å². The van der Waals surface area contributed by atoms with Gasteiger partial charge in [0.25, 0.3) is 0 Å². The van der Waals surface area contributed by atoms with Crippen molar-refractivity contribution in [2.24, 2.45) is 0 Å². The van der Waals surface area contributed by atoms with E-state index in [-0.39, 0.29) is 0 Å². The zero-order chi connectivity index (χ0) is 8.39. The highest BCUT2D eigenvalue weighted by atomic mass is 79.9. The first-order valence-electron chi connectivity index (χ1n) is 3.37. The second-order valence-corrected chi connectivity index (χ2v) is 4.05. The van der Waals surface area contributed by atoms with Gasteiger partial charge in [-0.25, -0.2) is 0 Å². The molecular formula is C8H5BrN2S. The zero-order valence-electron chi connectivity index (χ0n) is 6.07. The Bertz CT molecular complexity index is 372. The molecule has 0 unspecified atom stereocenters.